The molecule has 2 atom stereocenters. The second-order valence-electron chi connectivity index (χ2n) is 4.23. The molecule has 1 aliphatic rings. The quantitative estimate of drug-likeness (QED) is 0.640. The summed E-state index contributed by atoms with van der Waals surface area (Å²) in [5.41, 5.74) is -0.590. The van der Waals surface area contributed by atoms with Gasteiger partial charge in [0.05, 0.1) is 19.0 Å². The predicted molar refractivity (Wildman–Crippen MR) is 61.2 cm³/mol. The normalized spacial score (nSPS) is 23.8. The van der Waals surface area contributed by atoms with E-state index in [4.69, 9.17) is 9.84 Å². The van der Waals surface area contributed by atoms with Crippen LogP contribution in [0, 0.1) is 0 Å². The topological polar surface area (TPSA) is 113 Å². The van der Waals surface area contributed by atoms with Gasteiger partial charge in [0.2, 0.25) is 0 Å². The minimum absolute atomic E-state index is 0.0414. The Kier molecular flexibility index (Phi) is 2.53. The first kappa shape index (κ1) is 11.2. The number of fused-ring (bicyclic) bond motifs is 1. The standard InChI is InChI=1S/C10H12N4O4/c15-3-5-1-2-6(18-5)14-4-11-7-8(14)12-10(17)13-9(7)16/h4-6,15H,1-3H2,(H2,12,13,16,17)/t5-,6+/m1/s1. The molecule has 96 valence electrons. The molecule has 18 heavy (non-hydrogen) atoms. The number of aromatic nitrogens is 4. The zero-order chi connectivity index (χ0) is 12.7. The number of aromatic amines is 2. The average molecular weight is 252 g/mol. The van der Waals surface area contributed by atoms with Gasteiger partial charge in [-0.25, -0.2) is 9.78 Å². The molecule has 0 spiro atoms. The van der Waals surface area contributed by atoms with Gasteiger partial charge >= 0.3 is 5.69 Å². The zero-order valence-corrected chi connectivity index (χ0v) is 9.42. The van der Waals surface area contributed by atoms with E-state index in [9.17, 15) is 9.59 Å². The van der Waals surface area contributed by atoms with Crippen LogP contribution < -0.4 is 11.2 Å². The maximum Gasteiger partial charge on any atom is 0.327 e. The van der Waals surface area contributed by atoms with E-state index in [1.165, 1.54) is 6.33 Å². The van der Waals surface area contributed by atoms with Crippen LogP contribution in [0.5, 0.6) is 0 Å². The van der Waals surface area contributed by atoms with Crippen molar-refractivity contribution in [2.45, 2.75) is 25.2 Å². The Morgan fingerprint density at radius 1 is 1.44 bits per heavy atom. The highest BCUT2D eigenvalue weighted by Gasteiger charge is 2.27. The van der Waals surface area contributed by atoms with Gasteiger partial charge in [-0.2, -0.15) is 0 Å². The summed E-state index contributed by atoms with van der Waals surface area (Å²) in [7, 11) is 0. The third-order valence-electron chi connectivity index (χ3n) is 3.07. The van der Waals surface area contributed by atoms with Crippen molar-refractivity contribution < 1.29 is 9.84 Å². The number of hydrogen-bond donors (Lipinski definition) is 3. The molecule has 1 saturated heterocycles. The van der Waals surface area contributed by atoms with E-state index in [-0.39, 0.29) is 24.5 Å². The summed E-state index contributed by atoms with van der Waals surface area (Å²) in [5, 5.41) is 9.02. The van der Waals surface area contributed by atoms with Crippen LogP contribution >= 0.6 is 0 Å². The Morgan fingerprint density at radius 2 is 2.28 bits per heavy atom. The van der Waals surface area contributed by atoms with E-state index in [0.717, 1.165) is 6.42 Å². The minimum atomic E-state index is -0.578. The van der Waals surface area contributed by atoms with E-state index >= 15 is 0 Å². The lowest BCUT2D eigenvalue weighted by Crippen LogP contribution is -2.23. The molecule has 3 heterocycles. The third kappa shape index (κ3) is 1.66. The molecule has 2 aromatic heterocycles. The van der Waals surface area contributed by atoms with Gasteiger partial charge in [0.25, 0.3) is 5.56 Å². The number of imidazole rings is 1. The summed E-state index contributed by atoms with van der Waals surface area (Å²) in [4.78, 5) is 31.4. The lowest BCUT2D eigenvalue weighted by Gasteiger charge is -2.13. The highest BCUT2D eigenvalue weighted by atomic mass is 16.5. The average Bonchev–Trinajstić information content (AvgIpc) is 2.93. The molecule has 2 aromatic rings. The molecule has 0 aliphatic carbocycles. The first-order valence-corrected chi connectivity index (χ1v) is 5.64. The summed E-state index contributed by atoms with van der Waals surface area (Å²) in [6, 6.07) is 0. The van der Waals surface area contributed by atoms with Crippen LogP contribution in [0.3, 0.4) is 0 Å². The Bertz CT molecular complexity index is 685. The molecule has 0 unspecified atom stereocenters. The highest BCUT2D eigenvalue weighted by molar-refractivity contribution is 5.68. The van der Waals surface area contributed by atoms with Gasteiger partial charge in [-0.05, 0) is 12.8 Å². The number of H-pyrrole nitrogens is 2. The van der Waals surface area contributed by atoms with E-state index in [1.807, 2.05) is 0 Å². The predicted octanol–water partition coefficient (Wildman–Crippen LogP) is -0.917. The van der Waals surface area contributed by atoms with E-state index in [1.54, 1.807) is 4.57 Å². The van der Waals surface area contributed by atoms with Crippen molar-refractivity contribution in [3.05, 3.63) is 27.2 Å². The SMILES string of the molecule is O=c1[nH]c(=O)c2ncn([C@@H]3CC[C@H](CO)O3)c2[nH]1. The van der Waals surface area contributed by atoms with Crippen LogP contribution in [0.2, 0.25) is 0 Å². The maximum atomic E-state index is 11.5. The van der Waals surface area contributed by atoms with E-state index < -0.39 is 11.2 Å². The van der Waals surface area contributed by atoms with Crippen LogP contribution in [-0.4, -0.2) is 37.3 Å². The van der Waals surface area contributed by atoms with Crippen LogP contribution in [0.15, 0.2) is 15.9 Å². The Hall–Kier alpha value is -1.93. The summed E-state index contributed by atoms with van der Waals surface area (Å²) in [5.74, 6) is 0. The van der Waals surface area contributed by atoms with Crippen molar-refractivity contribution >= 4 is 11.2 Å². The lowest BCUT2D eigenvalue weighted by atomic mass is 10.2. The number of ether oxygens (including phenoxy) is 1. The number of aliphatic hydroxyl groups is 1. The fourth-order valence-corrected chi connectivity index (χ4v) is 2.20. The molecule has 0 amide bonds. The molecule has 0 bridgehead atoms. The van der Waals surface area contributed by atoms with Gasteiger partial charge in [-0.1, -0.05) is 0 Å². The van der Waals surface area contributed by atoms with Crippen LogP contribution in [-0.2, 0) is 4.74 Å². The minimum Gasteiger partial charge on any atom is -0.394 e. The number of rotatable bonds is 2. The molecule has 8 nitrogen and oxygen atoms in total. The van der Waals surface area contributed by atoms with Gasteiger partial charge in [0.1, 0.15) is 11.9 Å². The first-order chi connectivity index (χ1) is 8.69. The lowest BCUT2D eigenvalue weighted by molar-refractivity contribution is -0.0207. The Labute approximate surface area is 100 Å². The molecule has 0 saturated carbocycles. The van der Waals surface area contributed by atoms with Gasteiger partial charge in [-0.3, -0.25) is 19.3 Å². The van der Waals surface area contributed by atoms with Crippen molar-refractivity contribution in [3.63, 3.8) is 0 Å². The molecular weight excluding hydrogens is 240 g/mol. The summed E-state index contributed by atoms with van der Waals surface area (Å²) in [6.07, 6.45) is 2.37. The molecule has 3 rings (SSSR count). The van der Waals surface area contributed by atoms with Crippen molar-refractivity contribution in [2.24, 2.45) is 0 Å². The zero-order valence-electron chi connectivity index (χ0n) is 9.42. The molecule has 1 aliphatic heterocycles. The summed E-state index contributed by atoms with van der Waals surface area (Å²) in [6.45, 7) is -0.0414. The number of aliphatic hydroxyl groups excluding tert-OH is 1. The number of nitrogens with one attached hydrogen (secondary N) is 2. The van der Waals surface area contributed by atoms with Gasteiger partial charge < -0.3 is 9.84 Å². The number of hydrogen-bond acceptors (Lipinski definition) is 5. The molecule has 0 radical (unpaired) electrons. The van der Waals surface area contributed by atoms with Crippen LogP contribution in [0.4, 0.5) is 0 Å². The van der Waals surface area contributed by atoms with Gasteiger partial charge in [0, 0.05) is 0 Å². The summed E-state index contributed by atoms with van der Waals surface area (Å²) < 4.78 is 7.19. The smallest absolute Gasteiger partial charge is 0.327 e. The maximum absolute atomic E-state index is 11.5. The fraction of sp³-hybridized carbons (Fsp3) is 0.500. The van der Waals surface area contributed by atoms with Gasteiger partial charge in [0.15, 0.2) is 5.52 Å². The van der Waals surface area contributed by atoms with Crippen LogP contribution in [0.25, 0.3) is 11.2 Å². The van der Waals surface area contributed by atoms with Crippen LogP contribution in [0.1, 0.15) is 19.1 Å². The highest BCUT2D eigenvalue weighted by Crippen LogP contribution is 2.29. The molecule has 0 aromatic carbocycles. The fourth-order valence-electron chi connectivity index (χ4n) is 2.20. The van der Waals surface area contributed by atoms with Gasteiger partial charge in [-0.15, -0.1) is 0 Å². The molecular formula is C10H12N4O4. The van der Waals surface area contributed by atoms with Crippen molar-refractivity contribution in [1.29, 1.82) is 0 Å². The first-order valence-electron chi connectivity index (χ1n) is 5.64. The monoisotopic (exact) mass is 252 g/mol. The Morgan fingerprint density at radius 3 is 3.00 bits per heavy atom. The second-order valence-corrected chi connectivity index (χ2v) is 4.23. The molecule has 3 N–H and O–H groups in total. The largest absolute Gasteiger partial charge is 0.394 e. The van der Waals surface area contributed by atoms with Crippen molar-refractivity contribution in [2.75, 3.05) is 6.61 Å². The molecule has 8 heteroatoms. The third-order valence-corrected chi connectivity index (χ3v) is 3.07. The Balaban J connectivity index is 2.08. The number of nitrogens with zero attached hydrogens (tertiary/aromatic N) is 2. The van der Waals surface area contributed by atoms with E-state index in [2.05, 4.69) is 15.0 Å². The van der Waals surface area contributed by atoms with Crippen molar-refractivity contribution in [1.82, 2.24) is 19.5 Å². The van der Waals surface area contributed by atoms with E-state index in [0.29, 0.717) is 12.1 Å². The second kappa shape index (κ2) is 4.07. The molecule has 1 fully saturated rings. The van der Waals surface area contributed by atoms with Crippen molar-refractivity contribution in [3.8, 4) is 0 Å². The summed E-state index contributed by atoms with van der Waals surface area (Å²) >= 11 is 0.